The third-order valence-corrected chi connectivity index (χ3v) is 3.44. The summed E-state index contributed by atoms with van der Waals surface area (Å²) in [5.41, 5.74) is 0. The van der Waals surface area contributed by atoms with Gasteiger partial charge in [0.25, 0.3) is 0 Å². The molecule has 0 spiro atoms. The molecule has 0 bridgehead atoms. The van der Waals surface area contributed by atoms with Crippen molar-refractivity contribution in [2.24, 2.45) is 0 Å². The number of nitrogens with zero attached hydrogens (tertiary/aromatic N) is 4. The van der Waals surface area contributed by atoms with Gasteiger partial charge in [0.15, 0.2) is 0 Å². The summed E-state index contributed by atoms with van der Waals surface area (Å²) in [5.74, 6) is 0.0152. The van der Waals surface area contributed by atoms with Gasteiger partial charge in [0.2, 0.25) is 5.91 Å². The molecule has 6 heteroatoms. The highest BCUT2D eigenvalue weighted by molar-refractivity contribution is 5.76. The Morgan fingerprint density at radius 3 is 2.78 bits per heavy atom. The highest BCUT2D eigenvalue weighted by atomic mass is 16.3. The Morgan fingerprint density at radius 1 is 1.39 bits per heavy atom. The van der Waals surface area contributed by atoms with E-state index >= 15 is 0 Å². The Kier molecular flexibility index (Phi) is 4.69. The molecule has 1 N–H and O–H groups in total. The molecule has 1 saturated carbocycles. The first-order valence-electron chi connectivity index (χ1n) is 6.54. The maximum atomic E-state index is 12.2. The van der Waals surface area contributed by atoms with Crippen LogP contribution in [-0.4, -0.2) is 49.9 Å². The van der Waals surface area contributed by atoms with Crippen molar-refractivity contribution < 1.29 is 9.90 Å². The van der Waals surface area contributed by atoms with Crippen molar-refractivity contribution in [3.63, 3.8) is 0 Å². The molecule has 6 nitrogen and oxygen atoms in total. The van der Waals surface area contributed by atoms with E-state index in [9.17, 15) is 4.79 Å². The maximum absolute atomic E-state index is 12.2. The van der Waals surface area contributed by atoms with E-state index < -0.39 is 0 Å². The van der Waals surface area contributed by atoms with Crippen molar-refractivity contribution in [3.8, 4) is 0 Å². The Morgan fingerprint density at radius 2 is 2.17 bits per heavy atom. The molecule has 0 unspecified atom stereocenters. The number of hydrogen-bond acceptors (Lipinski definition) is 4. The topological polar surface area (TPSA) is 71.2 Å². The SMILES string of the molecule is O=C(Cn1cncn1)N(CCO)C1CCCCC1. The van der Waals surface area contributed by atoms with E-state index in [1.165, 1.54) is 36.6 Å². The Balaban J connectivity index is 1.97. The summed E-state index contributed by atoms with van der Waals surface area (Å²) in [5, 5.41) is 13.1. The largest absolute Gasteiger partial charge is 0.395 e. The van der Waals surface area contributed by atoms with E-state index in [1.807, 2.05) is 0 Å². The van der Waals surface area contributed by atoms with Gasteiger partial charge in [-0.2, -0.15) is 5.10 Å². The van der Waals surface area contributed by atoms with Crippen molar-refractivity contribution in [2.75, 3.05) is 13.2 Å². The fourth-order valence-electron chi connectivity index (χ4n) is 2.56. The number of aliphatic hydroxyl groups excluding tert-OH is 1. The van der Waals surface area contributed by atoms with Crippen LogP contribution in [0.1, 0.15) is 32.1 Å². The Labute approximate surface area is 107 Å². The minimum Gasteiger partial charge on any atom is -0.395 e. The Hall–Kier alpha value is -1.43. The van der Waals surface area contributed by atoms with Gasteiger partial charge < -0.3 is 10.0 Å². The first-order chi connectivity index (χ1) is 8.81. The molecule has 1 heterocycles. The number of rotatable bonds is 5. The molecule has 18 heavy (non-hydrogen) atoms. The van der Waals surface area contributed by atoms with Crippen LogP contribution in [-0.2, 0) is 11.3 Å². The summed E-state index contributed by atoms with van der Waals surface area (Å²) < 4.78 is 1.52. The van der Waals surface area contributed by atoms with E-state index in [1.54, 1.807) is 4.90 Å². The summed E-state index contributed by atoms with van der Waals surface area (Å²) in [6, 6.07) is 0.280. The molecule has 0 aromatic carbocycles. The van der Waals surface area contributed by atoms with Gasteiger partial charge in [0.1, 0.15) is 19.2 Å². The first kappa shape index (κ1) is 13.0. The van der Waals surface area contributed by atoms with Gasteiger partial charge >= 0.3 is 0 Å². The monoisotopic (exact) mass is 252 g/mol. The van der Waals surface area contributed by atoms with Crippen LogP contribution in [0.2, 0.25) is 0 Å². The van der Waals surface area contributed by atoms with Gasteiger partial charge in [0.05, 0.1) is 6.61 Å². The molecule has 1 aromatic heterocycles. The van der Waals surface area contributed by atoms with Gasteiger partial charge in [-0.1, -0.05) is 19.3 Å². The van der Waals surface area contributed by atoms with Crippen LogP contribution in [0.3, 0.4) is 0 Å². The van der Waals surface area contributed by atoms with Gasteiger partial charge in [0, 0.05) is 12.6 Å². The molecule has 1 amide bonds. The summed E-state index contributed by atoms with van der Waals surface area (Å²) in [6.07, 6.45) is 8.64. The van der Waals surface area contributed by atoms with Crippen molar-refractivity contribution in [2.45, 2.75) is 44.7 Å². The molecule has 1 aromatic rings. The number of hydrogen-bond donors (Lipinski definition) is 1. The minimum atomic E-state index is 0.0135. The van der Waals surface area contributed by atoms with Gasteiger partial charge in [-0.25, -0.2) is 9.67 Å². The zero-order valence-corrected chi connectivity index (χ0v) is 10.5. The van der Waals surface area contributed by atoms with Crippen LogP contribution in [0.4, 0.5) is 0 Å². The average Bonchev–Trinajstić information content (AvgIpc) is 2.89. The third-order valence-electron chi connectivity index (χ3n) is 3.44. The Bertz CT molecular complexity index is 360. The van der Waals surface area contributed by atoms with Crippen LogP contribution < -0.4 is 0 Å². The maximum Gasteiger partial charge on any atom is 0.244 e. The molecule has 2 rings (SSSR count). The second-order valence-electron chi connectivity index (χ2n) is 4.70. The van der Waals surface area contributed by atoms with Crippen molar-refractivity contribution in [3.05, 3.63) is 12.7 Å². The van der Waals surface area contributed by atoms with Crippen LogP contribution in [0.15, 0.2) is 12.7 Å². The summed E-state index contributed by atoms with van der Waals surface area (Å²) in [4.78, 5) is 17.9. The van der Waals surface area contributed by atoms with Crippen LogP contribution >= 0.6 is 0 Å². The number of carbonyl (C=O) groups is 1. The predicted octanol–water partition coefficient (Wildman–Crippen LogP) is 0.432. The number of amides is 1. The zero-order chi connectivity index (χ0) is 12.8. The molecule has 1 fully saturated rings. The lowest BCUT2D eigenvalue weighted by Crippen LogP contribution is -2.44. The quantitative estimate of drug-likeness (QED) is 0.825. The summed E-state index contributed by atoms with van der Waals surface area (Å²) in [7, 11) is 0. The molecular weight excluding hydrogens is 232 g/mol. The van der Waals surface area contributed by atoms with Crippen LogP contribution in [0.25, 0.3) is 0 Å². The number of carbonyl (C=O) groups excluding carboxylic acids is 1. The standard InChI is InChI=1S/C12H20N4O2/c17-7-6-16(11-4-2-1-3-5-11)12(18)8-15-10-13-9-14-15/h9-11,17H,1-8H2. The number of aromatic nitrogens is 3. The smallest absolute Gasteiger partial charge is 0.244 e. The third kappa shape index (κ3) is 3.29. The lowest BCUT2D eigenvalue weighted by Gasteiger charge is -2.34. The predicted molar refractivity (Wildman–Crippen MR) is 65.7 cm³/mol. The van der Waals surface area contributed by atoms with Crippen molar-refractivity contribution in [1.82, 2.24) is 19.7 Å². The lowest BCUT2D eigenvalue weighted by molar-refractivity contribution is -0.135. The van der Waals surface area contributed by atoms with Gasteiger partial charge in [-0.05, 0) is 12.8 Å². The van der Waals surface area contributed by atoms with E-state index in [2.05, 4.69) is 10.1 Å². The first-order valence-corrected chi connectivity index (χ1v) is 6.54. The zero-order valence-electron chi connectivity index (χ0n) is 10.5. The average molecular weight is 252 g/mol. The van der Waals surface area contributed by atoms with E-state index in [0.29, 0.717) is 6.54 Å². The molecule has 1 aliphatic carbocycles. The van der Waals surface area contributed by atoms with Crippen LogP contribution in [0, 0.1) is 0 Å². The molecule has 0 aliphatic heterocycles. The van der Waals surface area contributed by atoms with Crippen molar-refractivity contribution in [1.29, 1.82) is 0 Å². The highest BCUT2D eigenvalue weighted by Gasteiger charge is 2.25. The number of aliphatic hydroxyl groups is 1. The lowest BCUT2D eigenvalue weighted by atomic mass is 9.94. The molecule has 0 saturated heterocycles. The molecule has 100 valence electrons. The fraction of sp³-hybridized carbons (Fsp3) is 0.750. The van der Waals surface area contributed by atoms with E-state index in [0.717, 1.165) is 12.8 Å². The molecule has 0 atom stereocenters. The second-order valence-corrected chi connectivity index (χ2v) is 4.70. The van der Waals surface area contributed by atoms with Gasteiger partial charge in [-0.3, -0.25) is 4.79 Å². The highest BCUT2D eigenvalue weighted by Crippen LogP contribution is 2.22. The van der Waals surface area contributed by atoms with Crippen molar-refractivity contribution >= 4 is 5.91 Å². The second kappa shape index (κ2) is 6.49. The summed E-state index contributed by atoms with van der Waals surface area (Å²) in [6.45, 7) is 0.633. The summed E-state index contributed by atoms with van der Waals surface area (Å²) >= 11 is 0. The molecular formula is C12H20N4O2. The minimum absolute atomic E-state index is 0.0135. The van der Waals surface area contributed by atoms with E-state index in [-0.39, 0.29) is 25.1 Å². The molecule has 1 aliphatic rings. The van der Waals surface area contributed by atoms with Gasteiger partial charge in [-0.15, -0.1) is 0 Å². The normalized spacial score (nSPS) is 16.7. The fourth-order valence-corrected chi connectivity index (χ4v) is 2.56. The molecule has 0 radical (unpaired) electrons. The van der Waals surface area contributed by atoms with Crippen LogP contribution in [0.5, 0.6) is 0 Å². The van der Waals surface area contributed by atoms with E-state index in [4.69, 9.17) is 5.11 Å².